The average molecular weight is 327 g/mol. The van der Waals surface area contributed by atoms with E-state index in [1.54, 1.807) is 32.3 Å². The number of amides is 3. The number of anilines is 1. The number of hydrogen-bond acceptors (Lipinski definition) is 3. The Morgan fingerprint density at radius 1 is 1.08 bits per heavy atom. The summed E-state index contributed by atoms with van der Waals surface area (Å²) in [6, 6.07) is 14.1. The minimum atomic E-state index is -0.369. The van der Waals surface area contributed by atoms with Crippen molar-refractivity contribution in [2.45, 2.75) is 6.54 Å². The highest BCUT2D eigenvalue weighted by atomic mass is 16.5. The number of rotatable bonds is 5. The lowest BCUT2D eigenvalue weighted by Crippen LogP contribution is -2.28. The molecule has 24 heavy (non-hydrogen) atoms. The molecule has 0 aliphatic heterocycles. The highest BCUT2D eigenvalue weighted by molar-refractivity contribution is 5.97. The molecule has 6 nitrogen and oxygen atoms in total. The molecule has 0 radical (unpaired) electrons. The van der Waals surface area contributed by atoms with Crippen molar-refractivity contribution in [3.05, 3.63) is 59.7 Å². The summed E-state index contributed by atoms with van der Waals surface area (Å²) in [4.78, 5) is 25.6. The van der Waals surface area contributed by atoms with Crippen LogP contribution in [-0.2, 0) is 6.54 Å². The Morgan fingerprint density at radius 3 is 2.42 bits per heavy atom. The molecule has 2 aromatic carbocycles. The van der Waals surface area contributed by atoms with E-state index >= 15 is 0 Å². The number of carbonyl (C=O) groups is 2. The van der Waals surface area contributed by atoms with E-state index < -0.39 is 0 Å². The number of methoxy groups -OCH3 is 1. The molecular formula is C18H21N3O3. The quantitative estimate of drug-likeness (QED) is 0.887. The van der Waals surface area contributed by atoms with E-state index in [2.05, 4.69) is 10.6 Å². The van der Waals surface area contributed by atoms with Crippen LogP contribution >= 0.6 is 0 Å². The predicted octanol–water partition coefficient (Wildman–Crippen LogP) is 2.72. The number of urea groups is 1. The largest absolute Gasteiger partial charge is 0.495 e. The maximum absolute atomic E-state index is 12.1. The summed E-state index contributed by atoms with van der Waals surface area (Å²) >= 11 is 0. The topological polar surface area (TPSA) is 70.7 Å². The molecule has 0 spiro atoms. The van der Waals surface area contributed by atoms with Gasteiger partial charge in [-0.3, -0.25) is 4.79 Å². The summed E-state index contributed by atoms with van der Waals surface area (Å²) in [5.41, 5.74) is 1.91. The van der Waals surface area contributed by atoms with Gasteiger partial charge >= 0.3 is 6.03 Å². The smallest absolute Gasteiger partial charge is 0.319 e. The monoisotopic (exact) mass is 327 g/mol. The maximum Gasteiger partial charge on any atom is 0.319 e. The highest BCUT2D eigenvalue weighted by Gasteiger charge is 2.13. The first-order valence-electron chi connectivity index (χ1n) is 7.49. The molecular weight excluding hydrogens is 306 g/mol. The summed E-state index contributed by atoms with van der Waals surface area (Å²) in [5.74, 6) is 0.338. The summed E-state index contributed by atoms with van der Waals surface area (Å²) in [5, 5.41) is 5.49. The van der Waals surface area contributed by atoms with E-state index in [4.69, 9.17) is 4.74 Å². The molecule has 0 fully saturated rings. The number of benzene rings is 2. The van der Waals surface area contributed by atoms with E-state index in [0.29, 0.717) is 23.5 Å². The lowest BCUT2D eigenvalue weighted by atomic mass is 10.1. The molecule has 0 aromatic heterocycles. The fourth-order valence-electron chi connectivity index (χ4n) is 2.14. The zero-order valence-corrected chi connectivity index (χ0v) is 14.0. The van der Waals surface area contributed by atoms with Gasteiger partial charge < -0.3 is 20.3 Å². The van der Waals surface area contributed by atoms with Gasteiger partial charge in [-0.15, -0.1) is 0 Å². The molecule has 2 aromatic rings. The number of hydrogen-bond donors (Lipinski definition) is 2. The number of carbonyl (C=O) groups excluding carboxylic acids is 2. The minimum absolute atomic E-state index is 0.148. The molecule has 0 saturated heterocycles. The highest BCUT2D eigenvalue weighted by Crippen LogP contribution is 2.25. The van der Waals surface area contributed by atoms with Gasteiger partial charge in [-0.2, -0.15) is 0 Å². The van der Waals surface area contributed by atoms with Crippen LogP contribution in [0.5, 0.6) is 5.75 Å². The molecule has 0 atom stereocenters. The Bertz CT molecular complexity index is 715. The van der Waals surface area contributed by atoms with Crippen molar-refractivity contribution in [2.75, 3.05) is 26.5 Å². The summed E-state index contributed by atoms with van der Waals surface area (Å²) in [7, 11) is 4.86. The summed E-state index contributed by atoms with van der Waals surface area (Å²) in [6.45, 7) is 0.408. The first-order valence-corrected chi connectivity index (χ1v) is 7.49. The molecule has 0 aliphatic rings. The zero-order chi connectivity index (χ0) is 17.5. The van der Waals surface area contributed by atoms with Gasteiger partial charge in [-0.05, 0) is 23.8 Å². The second-order valence-corrected chi connectivity index (χ2v) is 5.41. The van der Waals surface area contributed by atoms with Crippen molar-refractivity contribution < 1.29 is 14.3 Å². The van der Waals surface area contributed by atoms with E-state index in [9.17, 15) is 9.59 Å². The van der Waals surface area contributed by atoms with Crippen molar-refractivity contribution >= 4 is 17.6 Å². The van der Waals surface area contributed by atoms with Gasteiger partial charge in [-0.1, -0.05) is 30.3 Å². The number of nitrogens with one attached hydrogen (secondary N) is 2. The Labute approximate surface area is 141 Å². The first-order chi connectivity index (χ1) is 11.5. The van der Waals surface area contributed by atoms with Gasteiger partial charge in [0.15, 0.2) is 0 Å². The molecule has 0 unspecified atom stereocenters. The van der Waals surface area contributed by atoms with Gasteiger partial charge in [-0.25, -0.2) is 4.79 Å². The lowest BCUT2D eigenvalue weighted by Gasteiger charge is -2.15. The normalized spacial score (nSPS) is 9.96. The van der Waals surface area contributed by atoms with Crippen molar-refractivity contribution in [1.29, 1.82) is 0 Å². The number of ether oxygens (including phenoxy) is 1. The summed E-state index contributed by atoms with van der Waals surface area (Å²) in [6.07, 6.45) is 0. The van der Waals surface area contributed by atoms with Crippen molar-refractivity contribution in [3.63, 3.8) is 0 Å². The molecule has 0 heterocycles. The van der Waals surface area contributed by atoms with Crippen LogP contribution in [0.4, 0.5) is 10.5 Å². The van der Waals surface area contributed by atoms with E-state index in [1.807, 2.05) is 30.3 Å². The predicted molar refractivity (Wildman–Crippen MR) is 93.3 cm³/mol. The van der Waals surface area contributed by atoms with E-state index in [-0.39, 0.29) is 11.9 Å². The third kappa shape index (κ3) is 4.49. The van der Waals surface area contributed by atoms with E-state index in [0.717, 1.165) is 5.56 Å². The maximum atomic E-state index is 12.1. The first kappa shape index (κ1) is 17.3. The molecule has 0 bridgehead atoms. The van der Waals surface area contributed by atoms with Crippen LogP contribution in [-0.4, -0.2) is 38.0 Å². The standard InChI is InChI=1S/C18H21N3O3/c1-21(2)17(22)14-9-10-16(24-3)15(11-14)20-18(23)19-12-13-7-5-4-6-8-13/h4-11H,12H2,1-3H3,(H2,19,20,23). The average Bonchev–Trinajstić information content (AvgIpc) is 2.60. The number of nitrogens with zero attached hydrogens (tertiary/aromatic N) is 1. The second kappa shape index (κ2) is 8.01. The Kier molecular flexibility index (Phi) is 5.78. The van der Waals surface area contributed by atoms with Crippen molar-refractivity contribution in [3.8, 4) is 5.75 Å². The molecule has 0 saturated carbocycles. The Balaban J connectivity index is 2.08. The van der Waals surface area contributed by atoms with Gasteiger partial charge in [0.2, 0.25) is 0 Å². The molecule has 6 heteroatoms. The van der Waals surface area contributed by atoms with Gasteiger partial charge in [0.1, 0.15) is 5.75 Å². The van der Waals surface area contributed by atoms with Gasteiger partial charge in [0.05, 0.1) is 12.8 Å². The molecule has 0 aliphatic carbocycles. The molecule has 126 valence electrons. The molecule has 2 N–H and O–H groups in total. The third-order valence-electron chi connectivity index (χ3n) is 3.40. The third-order valence-corrected chi connectivity index (χ3v) is 3.40. The fraction of sp³-hybridized carbons (Fsp3) is 0.222. The lowest BCUT2D eigenvalue weighted by molar-refractivity contribution is 0.0827. The second-order valence-electron chi connectivity index (χ2n) is 5.41. The van der Waals surface area contributed by atoms with Gasteiger partial charge in [0, 0.05) is 26.2 Å². The zero-order valence-electron chi connectivity index (χ0n) is 14.0. The fourth-order valence-corrected chi connectivity index (χ4v) is 2.14. The van der Waals surface area contributed by atoms with Crippen LogP contribution in [0.1, 0.15) is 15.9 Å². The van der Waals surface area contributed by atoms with Crippen LogP contribution in [0, 0.1) is 0 Å². The summed E-state index contributed by atoms with van der Waals surface area (Å²) < 4.78 is 5.24. The van der Waals surface area contributed by atoms with Crippen LogP contribution in [0.25, 0.3) is 0 Å². The SMILES string of the molecule is COc1ccc(C(=O)N(C)C)cc1NC(=O)NCc1ccccc1. The van der Waals surface area contributed by atoms with Crippen molar-refractivity contribution in [1.82, 2.24) is 10.2 Å². The minimum Gasteiger partial charge on any atom is -0.495 e. The Morgan fingerprint density at radius 2 is 1.79 bits per heavy atom. The van der Waals surface area contributed by atoms with Gasteiger partial charge in [0.25, 0.3) is 5.91 Å². The Hall–Kier alpha value is -3.02. The molecule has 2 rings (SSSR count). The van der Waals surface area contributed by atoms with Crippen LogP contribution < -0.4 is 15.4 Å². The van der Waals surface area contributed by atoms with Crippen LogP contribution in [0.15, 0.2) is 48.5 Å². The van der Waals surface area contributed by atoms with Crippen LogP contribution in [0.2, 0.25) is 0 Å². The van der Waals surface area contributed by atoms with Crippen LogP contribution in [0.3, 0.4) is 0 Å². The molecule has 3 amide bonds. The van der Waals surface area contributed by atoms with Crippen molar-refractivity contribution in [2.24, 2.45) is 0 Å². The van der Waals surface area contributed by atoms with E-state index in [1.165, 1.54) is 12.0 Å².